The van der Waals surface area contributed by atoms with Gasteiger partial charge in [-0.15, -0.1) is 11.3 Å². The zero-order valence-electron chi connectivity index (χ0n) is 15.9. The van der Waals surface area contributed by atoms with Crippen molar-refractivity contribution in [2.75, 3.05) is 22.1 Å². The highest BCUT2D eigenvalue weighted by Gasteiger charge is 2.30. The molecular weight excluding hydrogens is 402 g/mol. The molecule has 30 heavy (non-hydrogen) atoms. The number of fused-ring (bicyclic) bond motifs is 1. The first-order chi connectivity index (χ1) is 14.6. The monoisotopic (exact) mass is 421 g/mol. The van der Waals surface area contributed by atoms with Crippen LogP contribution in [0, 0.1) is 0 Å². The number of hydrogen-bond donors (Lipinski definition) is 3. The number of carbonyl (C=O) groups is 3. The maximum absolute atomic E-state index is 13.1. The van der Waals surface area contributed by atoms with Gasteiger partial charge in [0.15, 0.2) is 5.13 Å². The highest BCUT2D eigenvalue weighted by molar-refractivity contribution is 7.13. The van der Waals surface area contributed by atoms with E-state index in [-0.39, 0.29) is 18.4 Å². The molecular formula is C21H19N5O3S. The molecule has 0 saturated carbocycles. The minimum Gasteiger partial charge on any atom is -0.326 e. The third-order valence-electron chi connectivity index (χ3n) is 4.58. The van der Waals surface area contributed by atoms with Crippen molar-refractivity contribution in [1.29, 1.82) is 0 Å². The molecule has 1 aliphatic heterocycles. The molecule has 4 rings (SSSR count). The lowest BCUT2D eigenvalue weighted by Crippen LogP contribution is -2.53. The van der Waals surface area contributed by atoms with E-state index in [4.69, 9.17) is 0 Å². The van der Waals surface area contributed by atoms with Gasteiger partial charge in [0.1, 0.15) is 12.6 Å². The number of rotatable bonds is 5. The van der Waals surface area contributed by atoms with E-state index in [1.165, 1.54) is 16.2 Å². The summed E-state index contributed by atoms with van der Waals surface area (Å²) in [5, 5.41) is 10.5. The van der Waals surface area contributed by atoms with Crippen LogP contribution in [0.25, 0.3) is 0 Å². The first-order valence-electron chi connectivity index (χ1n) is 9.31. The normalized spacial score (nSPS) is 13.7. The van der Waals surface area contributed by atoms with Crippen LogP contribution in [-0.4, -0.2) is 35.4 Å². The molecule has 1 aromatic heterocycles. The van der Waals surface area contributed by atoms with Gasteiger partial charge in [-0.1, -0.05) is 42.5 Å². The van der Waals surface area contributed by atoms with E-state index >= 15 is 0 Å². The average molecular weight is 421 g/mol. The number of benzene rings is 2. The molecule has 152 valence electrons. The van der Waals surface area contributed by atoms with Gasteiger partial charge in [-0.3, -0.25) is 14.5 Å². The summed E-state index contributed by atoms with van der Waals surface area (Å²) in [5.74, 6) is -0.674. The van der Waals surface area contributed by atoms with Crippen LogP contribution >= 0.6 is 11.3 Å². The van der Waals surface area contributed by atoms with Gasteiger partial charge in [0, 0.05) is 18.0 Å². The summed E-state index contributed by atoms with van der Waals surface area (Å²) in [6, 6.07) is 15.1. The number of hydrogen-bond acceptors (Lipinski definition) is 5. The van der Waals surface area contributed by atoms with Crippen LogP contribution in [0.1, 0.15) is 5.56 Å². The quantitative estimate of drug-likeness (QED) is 0.589. The van der Waals surface area contributed by atoms with Crippen molar-refractivity contribution in [3.05, 3.63) is 71.7 Å². The fraction of sp³-hybridized carbons (Fsp3) is 0.143. The zero-order chi connectivity index (χ0) is 20.9. The Morgan fingerprint density at radius 3 is 2.67 bits per heavy atom. The van der Waals surface area contributed by atoms with Crippen LogP contribution in [0.4, 0.5) is 21.3 Å². The van der Waals surface area contributed by atoms with Gasteiger partial charge < -0.3 is 16.0 Å². The third-order valence-corrected chi connectivity index (χ3v) is 5.26. The second kappa shape index (κ2) is 8.75. The van der Waals surface area contributed by atoms with E-state index in [1.54, 1.807) is 35.8 Å². The first-order valence-corrected chi connectivity index (χ1v) is 10.2. The van der Waals surface area contributed by atoms with Crippen molar-refractivity contribution in [3.8, 4) is 0 Å². The number of amides is 4. The van der Waals surface area contributed by atoms with Gasteiger partial charge in [0.2, 0.25) is 11.8 Å². The van der Waals surface area contributed by atoms with E-state index in [9.17, 15) is 14.4 Å². The zero-order valence-corrected chi connectivity index (χ0v) is 16.7. The number of thiazole rings is 1. The lowest BCUT2D eigenvalue weighted by Gasteiger charge is -2.30. The molecule has 0 saturated heterocycles. The molecule has 3 aromatic rings. The summed E-state index contributed by atoms with van der Waals surface area (Å²) in [6.45, 7) is -0.130. The van der Waals surface area contributed by atoms with Crippen LogP contribution in [-0.2, 0) is 16.0 Å². The molecule has 4 amide bonds. The largest absolute Gasteiger partial charge is 0.326 e. The standard InChI is InChI=1S/C21H19N5O3S/c27-18-13-26(17-9-5-4-8-15(17)23-18)21(29)24-16(12-14-6-2-1-3-7-14)19(28)25-20-22-10-11-30-20/h1-11,16H,12-13H2,(H,23,27)(H,24,29)(H,22,25,28)/t16-/m1/s1. The summed E-state index contributed by atoms with van der Waals surface area (Å²) < 4.78 is 0. The van der Waals surface area contributed by atoms with Gasteiger partial charge in [0.25, 0.3) is 0 Å². The molecule has 2 aromatic carbocycles. The molecule has 0 aliphatic carbocycles. The Bertz CT molecular complexity index is 1060. The van der Waals surface area contributed by atoms with E-state index in [0.717, 1.165) is 5.56 Å². The van der Waals surface area contributed by atoms with Crippen molar-refractivity contribution in [3.63, 3.8) is 0 Å². The fourth-order valence-electron chi connectivity index (χ4n) is 3.18. The first kappa shape index (κ1) is 19.6. The van der Waals surface area contributed by atoms with Crippen LogP contribution in [0.3, 0.4) is 0 Å². The number of carbonyl (C=O) groups excluding carboxylic acids is 3. The molecule has 9 heteroatoms. The van der Waals surface area contributed by atoms with Crippen molar-refractivity contribution < 1.29 is 14.4 Å². The van der Waals surface area contributed by atoms with Crippen molar-refractivity contribution >= 4 is 45.7 Å². The van der Waals surface area contributed by atoms with E-state index in [0.29, 0.717) is 22.9 Å². The fourth-order valence-corrected chi connectivity index (χ4v) is 3.71. The van der Waals surface area contributed by atoms with Gasteiger partial charge in [-0.05, 0) is 17.7 Å². The molecule has 0 bridgehead atoms. The maximum Gasteiger partial charge on any atom is 0.323 e. The van der Waals surface area contributed by atoms with Gasteiger partial charge in [0.05, 0.1) is 11.4 Å². The van der Waals surface area contributed by atoms with Crippen molar-refractivity contribution in [2.24, 2.45) is 0 Å². The third kappa shape index (κ3) is 4.47. The van der Waals surface area contributed by atoms with Crippen LogP contribution < -0.4 is 20.9 Å². The van der Waals surface area contributed by atoms with Crippen LogP contribution in [0.2, 0.25) is 0 Å². The Morgan fingerprint density at radius 2 is 1.90 bits per heavy atom. The summed E-state index contributed by atoms with van der Waals surface area (Å²) in [6.07, 6.45) is 1.89. The molecule has 8 nitrogen and oxygen atoms in total. The molecule has 3 N–H and O–H groups in total. The van der Waals surface area contributed by atoms with Crippen molar-refractivity contribution in [1.82, 2.24) is 10.3 Å². The van der Waals surface area contributed by atoms with Gasteiger partial charge in [-0.25, -0.2) is 9.78 Å². The summed E-state index contributed by atoms with van der Waals surface area (Å²) in [5.41, 5.74) is 2.03. The summed E-state index contributed by atoms with van der Waals surface area (Å²) in [7, 11) is 0. The highest BCUT2D eigenvalue weighted by Crippen LogP contribution is 2.28. The topological polar surface area (TPSA) is 103 Å². The molecule has 0 spiro atoms. The SMILES string of the molecule is O=C1CN(C(=O)N[C@H](Cc2ccccc2)C(=O)Nc2nccs2)c2ccccc2N1. The van der Waals surface area contributed by atoms with E-state index < -0.39 is 12.1 Å². The van der Waals surface area contributed by atoms with E-state index in [1.807, 2.05) is 30.3 Å². The Balaban J connectivity index is 1.55. The molecule has 2 heterocycles. The minimum absolute atomic E-state index is 0.130. The number of urea groups is 1. The Morgan fingerprint density at radius 1 is 1.13 bits per heavy atom. The lowest BCUT2D eigenvalue weighted by atomic mass is 10.1. The van der Waals surface area contributed by atoms with Crippen LogP contribution in [0.15, 0.2) is 66.2 Å². The molecule has 0 unspecified atom stereocenters. The number of anilines is 3. The van der Waals surface area contributed by atoms with Crippen LogP contribution in [0.5, 0.6) is 0 Å². The van der Waals surface area contributed by atoms with E-state index in [2.05, 4.69) is 20.9 Å². The van der Waals surface area contributed by atoms with Gasteiger partial charge >= 0.3 is 6.03 Å². The maximum atomic E-state index is 13.1. The van der Waals surface area contributed by atoms with Gasteiger partial charge in [-0.2, -0.15) is 0 Å². The average Bonchev–Trinajstić information content (AvgIpc) is 3.26. The molecule has 0 fully saturated rings. The summed E-state index contributed by atoms with van der Waals surface area (Å²) >= 11 is 1.29. The molecule has 1 atom stereocenters. The number of nitrogens with zero attached hydrogens (tertiary/aromatic N) is 2. The second-order valence-electron chi connectivity index (χ2n) is 6.67. The highest BCUT2D eigenvalue weighted by atomic mass is 32.1. The minimum atomic E-state index is -0.846. The smallest absolute Gasteiger partial charge is 0.323 e. The molecule has 1 aliphatic rings. The predicted octanol–water partition coefficient (Wildman–Crippen LogP) is 2.86. The number of aromatic nitrogens is 1. The Labute approximate surface area is 176 Å². The number of para-hydroxylation sites is 2. The Kier molecular flexibility index (Phi) is 5.71. The predicted molar refractivity (Wildman–Crippen MR) is 116 cm³/mol. The van der Waals surface area contributed by atoms with Crippen molar-refractivity contribution in [2.45, 2.75) is 12.5 Å². The molecule has 0 radical (unpaired) electrons. The number of nitrogens with one attached hydrogen (secondary N) is 3. The summed E-state index contributed by atoms with van der Waals surface area (Å²) in [4.78, 5) is 43.4. The second-order valence-corrected chi connectivity index (χ2v) is 7.56. The lowest BCUT2D eigenvalue weighted by molar-refractivity contribution is -0.118. The Hall–Kier alpha value is -3.72.